The highest BCUT2D eigenvalue weighted by Gasteiger charge is 2.44. The molecule has 5 heteroatoms. The maximum Gasteiger partial charge on any atom is 0.223 e. The van der Waals surface area contributed by atoms with Gasteiger partial charge in [0.25, 0.3) is 0 Å². The number of rotatable bonds is 5. The molecule has 0 bridgehead atoms. The van der Waals surface area contributed by atoms with Crippen LogP contribution in [0.25, 0.3) is 0 Å². The van der Waals surface area contributed by atoms with Crippen LogP contribution in [0, 0.1) is 12.3 Å². The van der Waals surface area contributed by atoms with E-state index in [1.54, 1.807) is 0 Å². The molecule has 0 saturated carbocycles. The Hall–Kier alpha value is -2.43. The number of hydrogen-bond donors (Lipinski definition) is 0. The van der Waals surface area contributed by atoms with Crippen molar-refractivity contribution in [1.29, 1.82) is 0 Å². The van der Waals surface area contributed by atoms with Gasteiger partial charge in [0.1, 0.15) is 11.6 Å². The SMILES string of the molecule is CCCc1nc(C)cc(N2CCC3(CC2)CC(=O)N(Cc2ccccc2)C3)n1. The normalized spacial score (nSPS) is 18.9. The molecule has 0 atom stereocenters. The molecule has 2 aliphatic rings. The molecule has 3 heterocycles. The molecule has 2 saturated heterocycles. The van der Waals surface area contributed by atoms with Crippen LogP contribution in [0.1, 0.15) is 49.7 Å². The van der Waals surface area contributed by atoms with E-state index in [0.29, 0.717) is 12.3 Å². The Kier molecular flexibility index (Phi) is 5.33. The van der Waals surface area contributed by atoms with E-state index in [-0.39, 0.29) is 5.41 Å². The third kappa shape index (κ3) is 4.03. The molecule has 0 unspecified atom stereocenters. The summed E-state index contributed by atoms with van der Waals surface area (Å²) in [5, 5.41) is 0. The smallest absolute Gasteiger partial charge is 0.223 e. The lowest BCUT2D eigenvalue weighted by atomic mass is 9.77. The van der Waals surface area contributed by atoms with E-state index in [9.17, 15) is 4.79 Å². The van der Waals surface area contributed by atoms with Crippen molar-refractivity contribution in [3.63, 3.8) is 0 Å². The second kappa shape index (κ2) is 7.90. The first-order valence-corrected chi connectivity index (χ1v) is 10.5. The molecule has 0 N–H and O–H groups in total. The van der Waals surface area contributed by atoms with Crippen LogP contribution in [0.3, 0.4) is 0 Å². The van der Waals surface area contributed by atoms with Gasteiger partial charge >= 0.3 is 0 Å². The summed E-state index contributed by atoms with van der Waals surface area (Å²) in [6.07, 6.45) is 4.78. The number of nitrogens with zero attached hydrogens (tertiary/aromatic N) is 4. The van der Waals surface area contributed by atoms with Crippen LogP contribution in [0.4, 0.5) is 5.82 Å². The van der Waals surface area contributed by atoms with Crippen LogP contribution in [0.15, 0.2) is 36.4 Å². The molecule has 2 aliphatic heterocycles. The van der Waals surface area contributed by atoms with Gasteiger partial charge in [-0.1, -0.05) is 37.3 Å². The molecule has 1 amide bonds. The number of benzene rings is 1. The van der Waals surface area contributed by atoms with Crippen LogP contribution in [-0.4, -0.2) is 40.4 Å². The Labute approximate surface area is 167 Å². The molecule has 5 nitrogen and oxygen atoms in total. The number of anilines is 1. The van der Waals surface area contributed by atoms with Crippen molar-refractivity contribution in [2.75, 3.05) is 24.5 Å². The molecule has 4 rings (SSSR count). The second-order valence-electron chi connectivity index (χ2n) is 8.43. The maximum atomic E-state index is 12.7. The van der Waals surface area contributed by atoms with Crippen LogP contribution >= 0.6 is 0 Å². The first kappa shape index (κ1) is 18.9. The monoisotopic (exact) mass is 378 g/mol. The van der Waals surface area contributed by atoms with Crippen molar-refractivity contribution in [1.82, 2.24) is 14.9 Å². The quantitative estimate of drug-likeness (QED) is 0.795. The minimum absolute atomic E-state index is 0.136. The third-order valence-corrected chi connectivity index (χ3v) is 6.13. The minimum Gasteiger partial charge on any atom is -0.356 e. The summed E-state index contributed by atoms with van der Waals surface area (Å²) >= 11 is 0. The van der Waals surface area contributed by atoms with E-state index in [4.69, 9.17) is 4.98 Å². The van der Waals surface area contributed by atoms with Gasteiger partial charge in [0.2, 0.25) is 5.91 Å². The first-order chi connectivity index (χ1) is 13.6. The standard InChI is InChI=1S/C23H30N4O/c1-3-7-20-24-18(2)14-21(25-20)26-12-10-23(11-13-26)15-22(28)27(17-23)16-19-8-5-4-6-9-19/h4-6,8-9,14H,3,7,10-13,15-17H2,1-2H3. The number of hydrogen-bond acceptors (Lipinski definition) is 4. The van der Waals surface area contributed by atoms with Gasteiger partial charge in [-0.3, -0.25) is 4.79 Å². The van der Waals surface area contributed by atoms with Gasteiger partial charge in [-0.25, -0.2) is 9.97 Å². The van der Waals surface area contributed by atoms with Crippen LogP contribution < -0.4 is 4.90 Å². The third-order valence-electron chi connectivity index (χ3n) is 6.13. The summed E-state index contributed by atoms with van der Waals surface area (Å²) in [7, 11) is 0. The van der Waals surface area contributed by atoms with Gasteiger partial charge in [-0.05, 0) is 31.7 Å². The van der Waals surface area contributed by atoms with Crippen molar-refractivity contribution in [2.45, 2.75) is 52.5 Å². The number of piperidine rings is 1. The summed E-state index contributed by atoms with van der Waals surface area (Å²) in [5.74, 6) is 2.31. The highest BCUT2D eigenvalue weighted by atomic mass is 16.2. The first-order valence-electron chi connectivity index (χ1n) is 10.5. The van der Waals surface area contributed by atoms with Crippen molar-refractivity contribution < 1.29 is 4.79 Å². The molecule has 1 aromatic carbocycles. The van der Waals surface area contributed by atoms with Crippen molar-refractivity contribution in [2.24, 2.45) is 5.41 Å². The van der Waals surface area contributed by atoms with Crippen molar-refractivity contribution in [3.05, 3.63) is 53.5 Å². The van der Waals surface area contributed by atoms with E-state index < -0.39 is 0 Å². The van der Waals surface area contributed by atoms with Gasteiger partial charge in [-0.2, -0.15) is 0 Å². The zero-order chi connectivity index (χ0) is 19.6. The average Bonchev–Trinajstić information content (AvgIpc) is 2.97. The molecule has 1 aromatic heterocycles. The predicted octanol–water partition coefficient (Wildman–Crippen LogP) is 3.76. The largest absolute Gasteiger partial charge is 0.356 e. The Balaban J connectivity index is 1.40. The van der Waals surface area contributed by atoms with Gasteiger partial charge in [0.05, 0.1) is 0 Å². The molecule has 1 spiro atoms. The minimum atomic E-state index is 0.136. The fourth-order valence-corrected chi connectivity index (χ4v) is 4.58. The molecule has 28 heavy (non-hydrogen) atoms. The average molecular weight is 379 g/mol. The molecule has 148 valence electrons. The van der Waals surface area contributed by atoms with Gasteiger partial charge in [0, 0.05) is 56.2 Å². The fourth-order valence-electron chi connectivity index (χ4n) is 4.58. The molecular formula is C23H30N4O. The number of likely N-dealkylation sites (tertiary alicyclic amines) is 1. The van der Waals surface area contributed by atoms with Crippen molar-refractivity contribution in [3.8, 4) is 0 Å². The lowest BCUT2D eigenvalue weighted by Crippen LogP contribution is -2.42. The lowest BCUT2D eigenvalue weighted by molar-refractivity contribution is -0.128. The topological polar surface area (TPSA) is 49.3 Å². The highest BCUT2D eigenvalue weighted by Crippen LogP contribution is 2.42. The molecule has 0 aliphatic carbocycles. The molecule has 2 fully saturated rings. The number of aromatic nitrogens is 2. The number of aryl methyl sites for hydroxylation is 2. The van der Waals surface area contributed by atoms with E-state index >= 15 is 0 Å². The van der Waals surface area contributed by atoms with Crippen LogP contribution in [-0.2, 0) is 17.8 Å². The van der Waals surface area contributed by atoms with Crippen LogP contribution in [0.5, 0.6) is 0 Å². The Morgan fingerprint density at radius 1 is 1.11 bits per heavy atom. The zero-order valence-electron chi connectivity index (χ0n) is 17.0. The van der Waals surface area contributed by atoms with E-state index in [2.05, 4.69) is 39.9 Å². The van der Waals surface area contributed by atoms with Gasteiger partial charge < -0.3 is 9.80 Å². The number of amides is 1. The van der Waals surface area contributed by atoms with Crippen LogP contribution in [0.2, 0.25) is 0 Å². The summed E-state index contributed by atoms with van der Waals surface area (Å²) in [4.78, 5) is 26.4. The Morgan fingerprint density at radius 3 is 2.57 bits per heavy atom. The Morgan fingerprint density at radius 2 is 1.86 bits per heavy atom. The molecular weight excluding hydrogens is 348 g/mol. The summed E-state index contributed by atoms with van der Waals surface area (Å²) in [6.45, 7) is 7.76. The maximum absolute atomic E-state index is 12.7. The second-order valence-corrected chi connectivity index (χ2v) is 8.43. The summed E-state index contributed by atoms with van der Waals surface area (Å²) in [6, 6.07) is 12.4. The molecule has 2 aromatic rings. The predicted molar refractivity (Wildman–Crippen MR) is 111 cm³/mol. The highest BCUT2D eigenvalue weighted by molar-refractivity contribution is 5.79. The number of carbonyl (C=O) groups is 1. The fraction of sp³-hybridized carbons (Fsp3) is 0.522. The lowest BCUT2D eigenvalue weighted by Gasteiger charge is -2.39. The van der Waals surface area contributed by atoms with E-state index in [1.807, 2.05) is 25.1 Å². The molecule has 0 radical (unpaired) electrons. The summed E-state index contributed by atoms with van der Waals surface area (Å²) < 4.78 is 0. The van der Waals surface area contributed by atoms with Crippen molar-refractivity contribution >= 4 is 11.7 Å². The zero-order valence-corrected chi connectivity index (χ0v) is 17.0. The van der Waals surface area contributed by atoms with Gasteiger partial charge in [0.15, 0.2) is 0 Å². The summed E-state index contributed by atoms with van der Waals surface area (Å²) in [5.41, 5.74) is 2.39. The van der Waals surface area contributed by atoms with E-state index in [0.717, 1.165) is 69.2 Å². The Bertz CT molecular complexity index is 828. The number of carbonyl (C=O) groups excluding carboxylic acids is 1. The van der Waals surface area contributed by atoms with Gasteiger partial charge in [-0.15, -0.1) is 0 Å². The van der Waals surface area contributed by atoms with E-state index in [1.165, 1.54) is 5.56 Å².